The van der Waals surface area contributed by atoms with Gasteiger partial charge in [-0.1, -0.05) is 48.0 Å². The van der Waals surface area contributed by atoms with Crippen LogP contribution < -0.4 is 16.4 Å². The van der Waals surface area contributed by atoms with Crippen LogP contribution in [0.1, 0.15) is 61.6 Å². The van der Waals surface area contributed by atoms with Crippen LogP contribution in [-0.2, 0) is 11.3 Å². The van der Waals surface area contributed by atoms with Crippen LogP contribution in [-0.4, -0.2) is 32.3 Å². The molecule has 11 heteroatoms. The maximum atomic E-state index is 13.3. The number of aliphatic imine (C=N–C) groups is 1. The number of nitrogens with two attached hydrogens (primary N) is 1. The minimum absolute atomic E-state index is 0.0845. The number of hydrogen-bond acceptors (Lipinski definition) is 7. The van der Waals surface area contributed by atoms with E-state index in [-0.39, 0.29) is 18.2 Å². The number of halogens is 1. The fraction of sp³-hybridized carbons (Fsp3) is 0.182. The van der Waals surface area contributed by atoms with Crippen molar-refractivity contribution >= 4 is 51.8 Å². The van der Waals surface area contributed by atoms with Crippen molar-refractivity contribution in [3.05, 3.63) is 122 Å². The van der Waals surface area contributed by atoms with Gasteiger partial charge in [0.05, 0.1) is 23.5 Å². The quantitative estimate of drug-likeness (QED) is 0.182. The second kappa shape index (κ2) is 12.1. The number of benzene rings is 3. The summed E-state index contributed by atoms with van der Waals surface area (Å²) in [6.45, 7) is 6.39. The fourth-order valence-corrected chi connectivity index (χ4v) is 6.50. The van der Waals surface area contributed by atoms with E-state index in [2.05, 4.69) is 34.7 Å². The van der Waals surface area contributed by atoms with Gasteiger partial charge in [0.2, 0.25) is 5.91 Å². The van der Waals surface area contributed by atoms with Crippen molar-refractivity contribution in [1.29, 1.82) is 0 Å². The Morgan fingerprint density at radius 2 is 1.70 bits per heavy atom. The molecule has 9 nitrogen and oxygen atoms in total. The molecule has 44 heavy (non-hydrogen) atoms. The van der Waals surface area contributed by atoms with E-state index in [9.17, 15) is 9.59 Å². The van der Waals surface area contributed by atoms with Gasteiger partial charge in [0.25, 0.3) is 5.91 Å². The van der Waals surface area contributed by atoms with E-state index >= 15 is 0 Å². The Kier molecular flexibility index (Phi) is 8.03. The Morgan fingerprint density at radius 3 is 2.43 bits per heavy atom. The third kappa shape index (κ3) is 5.73. The summed E-state index contributed by atoms with van der Waals surface area (Å²) >= 11 is 7.87. The molecule has 2 aromatic heterocycles. The van der Waals surface area contributed by atoms with E-state index in [1.54, 1.807) is 35.6 Å². The van der Waals surface area contributed by atoms with Gasteiger partial charge in [-0.2, -0.15) is 0 Å². The zero-order chi connectivity index (χ0) is 31.0. The van der Waals surface area contributed by atoms with Crippen molar-refractivity contribution in [2.24, 2.45) is 4.99 Å². The first kappa shape index (κ1) is 29.3. The van der Waals surface area contributed by atoms with Gasteiger partial charge in [-0.05, 0) is 68.3 Å². The lowest BCUT2D eigenvalue weighted by Gasteiger charge is -2.13. The van der Waals surface area contributed by atoms with Gasteiger partial charge in [-0.25, -0.2) is 0 Å². The number of anilines is 2. The van der Waals surface area contributed by atoms with E-state index in [1.165, 1.54) is 4.88 Å². The van der Waals surface area contributed by atoms with Crippen molar-refractivity contribution in [2.75, 3.05) is 11.1 Å². The van der Waals surface area contributed by atoms with Crippen LogP contribution in [0.4, 0.5) is 11.4 Å². The lowest BCUT2D eigenvalue weighted by molar-refractivity contribution is -0.121. The average molecular weight is 624 g/mol. The number of hydrogen-bond donors (Lipinski definition) is 3. The van der Waals surface area contributed by atoms with Crippen LogP contribution in [0.15, 0.2) is 77.8 Å². The molecular formula is C33H30ClN7O2S. The fourth-order valence-electron chi connectivity index (χ4n) is 5.16. The summed E-state index contributed by atoms with van der Waals surface area (Å²) in [7, 11) is 0. The van der Waals surface area contributed by atoms with Crippen LogP contribution in [0.2, 0.25) is 5.02 Å². The summed E-state index contributed by atoms with van der Waals surface area (Å²) in [5, 5.41) is 16.3. The molecule has 2 amide bonds. The van der Waals surface area contributed by atoms with Gasteiger partial charge in [0.1, 0.15) is 16.9 Å². The van der Waals surface area contributed by atoms with Crippen LogP contribution in [0.5, 0.6) is 0 Å². The molecule has 0 saturated heterocycles. The highest BCUT2D eigenvalue weighted by Gasteiger charge is 2.32. The number of para-hydroxylation sites is 2. The molecular weight excluding hydrogens is 594 g/mol. The summed E-state index contributed by atoms with van der Waals surface area (Å²) in [4.78, 5) is 32.3. The Bertz CT molecular complexity index is 1910. The number of carbonyl (C=O) groups excluding carboxylic acids is 2. The summed E-state index contributed by atoms with van der Waals surface area (Å²) in [5.74, 6) is 0.915. The average Bonchev–Trinajstić information content (AvgIpc) is 3.49. The first-order valence-electron chi connectivity index (χ1n) is 14.1. The minimum Gasteiger partial charge on any atom is -0.397 e. The molecule has 1 atom stereocenters. The van der Waals surface area contributed by atoms with Gasteiger partial charge in [-0.3, -0.25) is 19.1 Å². The first-order valence-corrected chi connectivity index (χ1v) is 15.3. The number of nitrogen functional groups attached to an aromatic ring is 1. The second-order valence-corrected chi connectivity index (χ2v) is 12.3. The Morgan fingerprint density at radius 1 is 0.977 bits per heavy atom. The van der Waals surface area contributed by atoms with E-state index in [0.717, 1.165) is 38.8 Å². The van der Waals surface area contributed by atoms with Gasteiger partial charge in [0, 0.05) is 33.1 Å². The van der Waals surface area contributed by atoms with Crippen molar-refractivity contribution < 1.29 is 9.59 Å². The number of rotatable bonds is 7. The molecule has 0 unspecified atom stereocenters. The monoisotopic (exact) mass is 623 g/mol. The van der Waals surface area contributed by atoms with Crippen LogP contribution in [0.3, 0.4) is 0 Å². The van der Waals surface area contributed by atoms with Gasteiger partial charge in [-0.15, -0.1) is 21.5 Å². The third-order valence-corrected chi connectivity index (χ3v) is 9.10. The van der Waals surface area contributed by atoms with Crippen LogP contribution in [0, 0.1) is 20.8 Å². The number of thiophene rings is 1. The molecule has 222 valence electrons. The van der Waals surface area contributed by atoms with Crippen molar-refractivity contribution in [2.45, 2.75) is 39.8 Å². The number of nitrogens with one attached hydrogen (secondary N) is 2. The second-order valence-electron chi connectivity index (χ2n) is 10.6. The largest absolute Gasteiger partial charge is 0.397 e. The van der Waals surface area contributed by atoms with Crippen LogP contribution in [0.25, 0.3) is 5.00 Å². The van der Waals surface area contributed by atoms with Gasteiger partial charge in [0.15, 0.2) is 5.82 Å². The number of carbonyl (C=O) groups is 2. The normalized spacial score (nSPS) is 13.8. The smallest absolute Gasteiger partial charge is 0.255 e. The first-order chi connectivity index (χ1) is 21.2. The van der Waals surface area contributed by atoms with E-state index < -0.39 is 6.04 Å². The molecule has 0 fully saturated rings. The highest BCUT2D eigenvalue weighted by Crippen LogP contribution is 2.39. The van der Waals surface area contributed by atoms with E-state index in [0.29, 0.717) is 34.3 Å². The lowest BCUT2D eigenvalue weighted by Crippen LogP contribution is -2.25. The zero-order valence-electron chi connectivity index (χ0n) is 24.4. The molecule has 6 rings (SSSR count). The predicted octanol–water partition coefficient (Wildman–Crippen LogP) is 6.34. The molecule has 3 heterocycles. The van der Waals surface area contributed by atoms with E-state index in [1.807, 2.05) is 60.0 Å². The molecule has 0 radical (unpaired) electrons. The zero-order valence-corrected chi connectivity index (χ0v) is 26.0. The number of nitrogens with zero attached hydrogens (tertiary/aromatic N) is 4. The number of aromatic nitrogens is 3. The van der Waals surface area contributed by atoms with Gasteiger partial charge >= 0.3 is 0 Å². The summed E-state index contributed by atoms with van der Waals surface area (Å²) in [6, 6.07) is 21.2. The maximum absolute atomic E-state index is 13.3. The number of amides is 2. The summed E-state index contributed by atoms with van der Waals surface area (Å²) < 4.78 is 2.02. The summed E-state index contributed by atoms with van der Waals surface area (Å²) in [5.41, 5.74) is 12.2. The highest BCUT2D eigenvalue weighted by atomic mass is 35.5. The topological polar surface area (TPSA) is 127 Å². The molecule has 0 saturated carbocycles. The van der Waals surface area contributed by atoms with Crippen molar-refractivity contribution in [1.82, 2.24) is 20.1 Å². The lowest BCUT2D eigenvalue weighted by atomic mass is 9.99. The molecule has 3 aromatic carbocycles. The molecule has 1 aliphatic heterocycles. The van der Waals surface area contributed by atoms with Crippen molar-refractivity contribution in [3.8, 4) is 5.00 Å². The number of fused-ring (bicyclic) bond motifs is 3. The molecule has 5 aromatic rings. The number of aryl methyl sites for hydroxylation is 2. The molecule has 0 aliphatic carbocycles. The Hall–Kier alpha value is -4.80. The van der Waals surface area contributed by atoms with Gasteiger partial charge < -0.3 is 16.4 Å². The standard InChI is InChI=1S/C33H30ClN7O2S/c1-18-19(2)44-33-29(18)30(22-12-14-24(34)15-13-22)37-27(31-40-39-20(3)41(31)33)16-28(42)36-17-21-8-10-23(11-9-21)32(43)38-26-7-5-4-6-25(26)35/h4-15,27H,16-17,35H2,1-3H3,(H,36,42)(H,38,43)/t27-/m0/s1. The predicted molar refractivity (Wildman–Crippen MR) is 175 cm³/mol. The maximum Gasteiger partial charge on any atom is 0.255 e. The Labute approximate surface area is 263 Å². The highest BCUT2D eigenvalue weighted by molar-refractivity contribution is 7.15. The minimum atomic E-state index is -0.558. The summed E-state index contributed by atoms with van der Waals surface area (Å²) in [6.07, 6.45) is 0.0845. The van der Waals surface area contributed by atoms with Crippen molar-refractivity contribution in [3.63, 3.8) is 0 Å². The van der Waals surface area contributed by atoms with Crippen LogP contribution >= 0.6 is 22.9 Å². The molecule has 0 bridgehead atoms. The Balaban J connectivity index is 1.21. The molecule has 0 spiro atoms. The SMILES string of the molecule is Cc1sc2c(c1C)C(c1ccc(Cl)cc1)=N[C@@H](CC(=O)NCc1ccc(C(=O)Nc3ccccc3N)cc1)c1nnc(C)n1-2. The molecule has 1 aliphatic rings. The van der Waals surface area contributed by atoms with E-state index in [4.69, 9.17) is 22.3 Å². The third-order valence-electron chi connectivity index (χ3n) is 7.65. The molecule has 4 N–H and O–H groups in total.